The largest absolute Gasteiger partial charge is 0.370 e. The summed E-state index contributed by atoms with van der Waals surface area (Å²) in [6, 6.07) is 2.59. The number of rotatable bonds is 4. The van der Waals surface area contributed by atoms with Gasteiger partial charge in [-0.25, -0.2) is 17.2 Å². The Morgan fingerprint density at radius 1 is 1.36 bits per heavy atom. The Bertz CT molecular complexity index is 801. The molecule has 1 aromatic rings. The molecule has 0 saturated carbocycles. The molecule has 8 heteroatoms. The smallest absolute Gasteiger partial charge is 0.246 e. The molecule has 1 aromatic carbocycles. The molecule has 0 unspecified atom stereocenters. The van der Waals surface area contributed by atoms with Crippen LogP contribution in [0.1, 0.15) is 12.8 Å². The van der Waals surface area contributed by atoms with E-state index in [4.69, 9.17) is 4.74 Å². The first-order valence-electron chi connectivity index (χ1n) is 8.51. The van der Waals surface area contributed by atoms with Crippen LogP contribution < -0.4 is 0 Å². The van der Waals surface area contributed by atoms with E-state index in [1.807, 2.05) is 14.1 Å². The van der Waals surface area contributed by atoms with E-state index in [2.05, 4.69) is 4.90 Å². The highest BCUT2D eigenvalue weighted by Gasteiger charge is 2.64. The zero-order valence-electron chi connectivity index (χ0n) is 14.3. The predicted molar refractivity (Wildman–Crippen MR) is 87.5 cm³/mol. The lowest BCUT2D eigenvalue weighted by Gasteiger charge is -2.31. The van der Waals surface area contributed by atoms with Gasteiger partial charge in [0.05, 0.1) is 11.7 Å². The van der Waals surface area contributed by atoms with E-state index in [0.29, 0.717) is 12.6 Å². The normalized spacial score (nSPS) is 34.8. The van der Waals surface area contributed by atoms with Crippen molar-refractivity contribution >= 4 is 10.0 Å². The van der Waals surface area contributed by atoms with Crippen LogP contribution >= 0.6 is 0 Å². The Balaban J connectivity index is 1.63. The van der Waals surface area contributed by atoms with Gasteiger partial charge >= 0.3 is 0 Å². The standard InChI is InChI=1S/C17H22F2N2O3S/c1-20(2)8-12-13-9-21(10-17(13)6-5-15(12)24-17)25(22,23)16-4-3-11(18)7-14(16)19/h3-4,7,12-13,15H,5-6,8-10H2,1-2H3/t12-,13+,15+,17+/m0/s1. The minimum atomic E-state index is -4.01. The van der Waals surface area contributed by atoms with Gasteiger partial charge in [-0.3, -0.25) is 0 Å². The molecule has 4 rings (SSSR count). The molecular formula is C17H22F2N2O3S. The second-order valence-electron chi connectivity index (χ2n) is 7.66. The first kappa shape index (κ1) is 17.3. The summed E-state index contributed by atoms with van der Waals surface area (Å²) in [5.41, 5.74) is -0.449. The summed E-state index contributed by atoms with van der Waals surface area (Å²) in [5, 5.41) is 0. The third-order valence-corrected chi connectivity index (χ3v) is 7.69. The van der Waals surface area contributed by atoms with Gasteiger partial charge in [-0.1, -0.05) is 0 Å². The SMILES string of the molecule is CN(C)C[C@H]1[C@H]2CN(S(=O)(=O)c3ccc(F)cc3F)C[C@]23CC[C@H]1O3. The Hall–Kier alpha value is -1.09. The third-order valence-electron chi connectivity index (χ3n) is 5.84. The second kappa shape index (κ2) is 5.70. The molecule has 3 fully saturated rings. The topological polar surface area (TPSA) is 49.9 Å². The average Bonchev–Trinajstić information content (AvgIpc) is 3.16. The maximum atomic E-state index is 14.0. The van der Waals surface area contributed by atoms with Crippen LogP contribution in [-0.4, -0.2) is 63.1 Å². The number of hydrogen-bond acceptors (Lipinski definition) is 4. The van der Waals surface area contributed by atoms with Crippen LogP contribution in [0.3, 0.4) is 0 Å². The van der Waals surface area contributed by atoms with Gasteiger partial charge < -0.3 is 9.64 Å². The summed E-state index contributed by atoms with van der Waals surface area (Å²) in [6.45, 7) is 1.42. The minimum Gasteiger partial charge on any atom is -0.370 e. The van der Waals surface area contributed by atoms with Gasteiger partial charge in [0, 0.05) is 37.5 Å². The summed E-state index contributed by atoms with van der Waals surface area (Å²) < 4.78 is 60.5. The quantitative estimate of drug-likeness (QED) is 0.807. The molecule has 0 radical (unpaired) electrons. The average molecular weight is 372 g/mol. The maximum absolute atomic E-state index is 14.0. The zero-order valence-corrected chi connectivity index (χ0v) is 15.1. The molecule has 4 atom stereocenters. The third kappa shape index (κ3) is 2.61. The fourth-order valence-corrected chi connectivity index (χ4v) is 6.39. The highest BCUT2D eigenvalue weighted by molar-refractivity contribution is 7.89. The summed E-state index contributed by atoms with van der Waals surface area (Å²) in [6.07, 6.45) is 1.96. The van der Waals surface area contributed by atoms with Crippen LogP contribution in [0.15, 0.2) is 23.1 Å². The van der Waals surface area contributed by atoms with Crippen molar-refractivity contribution in [2.45, 2.75) is 29.4 Å². The second-order valence-corrected chi connectivity index (χ2v) is 9.57. The number of nitrogens with zero attached hydrogens (tertiary/aromatic N) is 2. The van der Waals surface area contributed by atoms with Crippen LogP contribution in [-0.2, 0) is 14.8 Å². The van der Waals surface area contributed by atoms with Gasteiger partial charge in [0.2, 0.25) is 10.0 Å². The summed E-state index contributed by atoms with van der Waals surface area (Å²) in [7, 11) is -0.0196. The monoisotopic (exact) mass is 372 g/mol. The molecule has 25 heavy (non-hydrogen) atoms. The lowest BCUT2D eigenvalue weighted by molar-refractivity contribution is 0.00738. The maximum Gasteiger partial charge on any atom is 0.246 e. The van der Waals surface area contributed by atoms with Gasteiger partial charge in [0.25, 0.3) is 0 Å². The molecule has 0 aromatic heterocycles. The number of benzene rings is 1. The van der Waals surface area contributed by atoms with E-state index in [1.165, 1.54) is 4.31 Å². The number of sulfonamides is 1. The molecule has 3 heterocycles. The Kier molecular flexibility index (Phi) is 3.95. The highest BCUT2D eigenvalue weighted by Crippen LogP contribution is 2.55. The van der Waals surface area contributed by atoms with Crippen LogP contribution in [0.2, 0.25) is 0 Å². The van der Waals surface area contributed by atoms with Crippen molar-refractivity contribution in [1.29, 1.82) is 0 Å². The molecule has 0 amide bonds. The van der Waals surface area contributed by atoms with E-state index in [1.54, 1.807) is 0 Å². The first-order valence-corrected chi connectivity index (χ1v) is 9.95. The summed E-state index contributed by atoms with van der Waals surface area (Å²) in [4.78, 5) is 1.63. The molecule has 138 valence electrons. The lowest BCUT2D eigenvalue weighted by atomic mass is 9.73. The van der Waals surface area contributed by atoms with Crippen molar-refractivity contribution < 1.29 is 21.9 Å². The predicted octanol–water partition coefficient (Wildman–Crippen LogP) is 1.69. The molecule has 0 N–H and O–H groups in total. The fraction of sp³-hybridized carbons (Fsp3) is 0.647. The van der Waals surface area contributed by atoms with Crippen LogP contribution in [0.5, 0.6) is 0 Å². The van der Waals surface area contributed by atoms with Crippen LogP contribution in [0, 0.1) is 23.5 Å². The number of fused-ring (bicyclic) bond motifs is 1. The molecular weight excluding hydrogens is 350 g/mol. The number of halogens is 2. The van der Waals surface area contributed by atoms with E-state index >= 15 is 0 Å². The summed E-state index contributed by atoms with van der Waals surface area (Å²) in [5.74, 6) is -1.44. The van der Waals surface area contributed by atoms with Gasteiger partial charge in [-0.15, -0.1) is 0 Å². The molecule has 2 bridgehead atoms. The van der Waals surface area contributed by atoms with E-state index in [-0.39, 0.29) is 24.5 Å². The Morgan fingerprint density at radius 3 is 2.80 bits per heavy atom. The minimum absolute atomic E-state index is 0.118. The van der Waals surface area contributed by atoms with E-state index in [9.17, 15) is 17.2 Å². The number of hydrogen-bond donors (Lipinski definition) is 0. The Labute approximate surface area is 146 Å². The first-order chi connectivity index (χ1) is 11.7. The fourth-order valence-electron chi connectivity index (χ4n) is 4.82. The van der Waals surface area contributed by atoms with Crippen molar-refractivity contribution in [3.8, 4) is 0 Å². The van der Waals surface area contributed by atoms with Crippen molar-refractivity contribution in [3.05, 3.63) is 29.8 Å². The molecule has 1 spiro atoms. The molecule has 3 saturated heterocycles. The molecule has 3 aliphatic rings. The molecule has 0 aliphatic carbocycles. The number of ether oxygens (including phenoxy) is 1. The van der Waals surface area contributed by atoms with E-state index < -0.39 is 32.2 Å². The lowest BCUT2D eigenvalue weighted by Crippen LogP contribution is -2.40. The van der Waals surface area contributed by atoms with Gasteiger partial charge in [-0.2, -0.15) is 4.31 Å². The van der Waals surface area contributed by atoms with Crippen LogP contribution in [0.25, 0.3) is 0 Å². The van der Waals surface area contributed by atoms with E-state index in [0.717, 1.165) is 31.5 Å². The molecule has 5 nitrogen and oxygen atoms in total. The van der Waals surface area contributed by atoms with Gasteiger partial charge in [0.1, 0.15) is 16.5 Å². The van der Waals surface area contributed by atoms with Crippen molar-refractivity contribution in [1.82, 2.24) is 9.21 Å². The van der Waals surface area contributed by atoms with Crippen molar-refractivity contribution in [2.75, 3.05) is 33.7 Å². The molecule has 3 aliphatic heterocycles. The van der Waals surface area contributed by atoms with Crippen LogP contribution in [0.4, 0.5) is 8.78 Å². The van der Waals surface area contributed by atoms with Gasteiger partial charge in [0.15, 0.2) is 0 Å². The van der Waals surface area contributed by atoms with Crippen molar-refractivity contribution in [2.24, 2.45) is 11.8 Å². The highest BCUT2D eigenvalue weighted by atomic mass is 32.2. The zero-order chi connectivity index (χ0) is 18.0. The summed E-state index contributed by atoms with van der Waals surface area (Å²) >= 11 is 0. The Morgan fingerprint density at radius 2 is 2.12 bits per heavy atom. The van der Waals surface area contributed by atoms with Gasteiger partial charge in [-0.05, 0) is 39.1 Å². The van der Waals surface area contributed by atoms with Crippen molar-refractivity contribution in [3.63, 3.8) is 0 Å².